The number of hydrogen-bond donors (Lipinski definition) is 0. The molecule has 24 heavy (non-hydrogen) atoms. The van der Waals surface area contributed by atoms with Crippen LogP contribution in [0.2, 0.25) is 0 Å². The lowest BCUT2D eigenvalue weighted by Crippen LogP contribution is -2.59. The average Bonchev–Trinajstić information content (AvgIpc) is 2.32. The Balaban J connectivity index is 3.82. The second-order valence-corrected chi connectivity index (χ2v) is 5.21. The lowest BCUT2D eigenvalue weighted by Gasteiger charge is -2.36. The topological polar surface area (TPSA) is 0 Å². The largest absolute Gasteiger partial charge is 0.457 e. The molecule has 1 atom stereocenters. The van der Waals surface area contributed by atoms with E-state index >= 15 is 0 Å². The monoisotopic (exact) mass is 441 g/mol. The molecule has 0 nitrogen and oxygen atoms in total. The van der Waals surface area contributed by atoms with Gasteiger partial charge in [-0.1, -0.05) is 15.9 Å². The van der Waals surface area contributed by atoms with Gasteiger partial charge in [0.25, 0.3) is 0 Å². The summed E-state index contributed by atoms with van der Waals surface area (Å²) in [5.41, 5.74) is -11.2. The summed E-state index contributed by atoms with van der Waals surface area (Å²) in [4.78, 5) is 0. The second-order valence-electron chi connectivity index (χ2n) is 4.36. The van der Waals surface area contributed by atoms with Gasteiger partial charge in [-0.2, -0.15) is 48.3 Å². The van der Waals surface area contributed by atoms with E-state index in [4.69, 9.17) is 0 Å². The summed E-state index contributed by atoms with van der Waals surface area (Å²) in [5.74, 6) is -7.05. The average molecular weight is 442 g/mol. The molecular weight excluding hydrogens is 440 g/mol. The van der Waals surface area contributed by atoms with E-state index in [9.17, 15) is 52.7 Å². The molecule has 0 spiro atoms. The highest BCUT2D eigenvalue weighted by Gasteiger charge is 2.81. The Morgan fingerprint density at radius 2 is 1.17 bits per heavy atom. The first-order valence-corrected chi connectivity index (χ1v) is 6.15. The van der Waals surface area contributed by atoms with Crippen molar-refractivity contribution in [2.45, 2.75) is 30.1 Å². The molecular formula is C11H2BrF12. The zero-order valence-corrected chi connectivity index (χ0v) is 12.2. The first-order valence-electron chi connectivity index (χ1n) is 5.36. The van der Waals surface area contributed by atoms with E-state index < -0.39 is 51.8 Å². The van der Waals surface area contributed by atoms with Gasteiger partial charge in [-0.15, -0.1) is 0 Å². The molecule has 137 valence electrons. The molecule has 13 heteroatoms. The van der Waals surface area contributed by atoms with Crippen molar-refractivity contribution in [1.82, 2.24) is 0 Å². The zero-order valence-electron chi connectivity index (χ0n) is 10.6. The van der Waals surface area contributed by atoms with Crippen LogP contribution in [0.5, 0.6) is 0 Å². The highest BCUT2D eigenvalue weighted by Crippen LogP contribution is 2.58. The Bertz CT molecular complexity index is 611. The van der Waals surface area contributed by atoms with Crippen molar-refractivity contribution in [1.29, 1.82) is 0 Å². The summed E-state index contributed by atoms with van der Waals surface area (Å²) in [6, 6.07) is 0.236. The maximum absolute atomic E-state index is 14.1. The molecule has 0 aliphatic heterocycles. The van der Waals surface area contributed by atoms with Crippen LogP contribution in [0.15, 0.2) is 16.6 Å². The van der Waals surface area contributed by atoms with Gasteiger partial charge >= 0.3 is 30.1 Å². The molecule has 1 aromatic rings. The Kier molecular flexibility index (Phi) is 4.96. The Hall–Kier alpha value is -1.14. The lowest BCUT2D eigenvalue weighted by molar-refractivity contribution is -0.389. The normalized spacial score (nSPS) is 16.9. The van der Waals surface area contributed by atoms with E-state index in [1.54, 1.807) is 0 Å². The van der Waals surface area contributed by atoms with E-state index in [2.05, 4.69) is 15.9 Å². The Morgan fingerprint density at radius 3 is 1.50 bits per heavy atom. The molecule has 1 radical (unpaired) electrons. The van der Waals surface area contributed by atoms with Crippen molar-refractivity contribution in [3.63, 3.8) is 0 Å². The van der Waals surface area contributed by atoms with Crippen molar-refractivity contribution in [3.05, 3.63) is 33.8 Å². The molecule has 1 rings (SSSR count). The van der Waals surface area contributed by atoms with Gasteiger partial charge in [0.2, 0.25) is 0 Å². The van der Waals surface area contributed by atoms with Crippen LogP contribution in [0, 0.1) is 6.07 Å². The third-order valence-electron chi connectivity index (χ3n) is 2.72. The van der Waals surface area contributed by atoms with Gasteiger partial charge in [-0.3, -0.25) is 0 Å². The third kappa shape index (κ3) is 3.31. The van der Waals surface area contributed by atoms with Gasteiger partial charge < -0.3 is 0 Å². The summed E-state index contributed by atoms with van der Waals surface area (Å²) in [7, 11) is 0. The molecule has 0 saturated heterocycles. The SMILES string of the molecule is FC(F)(F)c1[c]c(Br)cc(C(F)(C(F)(F)F)C(F)(F)C(F)(F)F)c1. The number of halogens is 13. The van der Waals surface area contributed by atoms with Crippen molar-refractivity contribution >= 4 is 15.9 Å². The van der Waals surface area contributed by atoms with Crippen molar-refractivity contribution in [3.8, 4) is 0 Å². The van der Waals surface area contributed by atoms with Crippen LogP contribution < -0.4 is 0 Å². The van der Waals surface area contributed by atoms with Crippen LogP contribution in [-0.2, 0) is 11.8 Å². The molecule has 0 aliphatic rings. The lowest BCUT2D eigenvalue weighted by atomic mass is 9.86. The molecule has 0 aliphatic carbocycles. The molecule has 0 N–H and O–H groups in total. The van der Waals surface area contributed by atoms with Gasteiger partial charge in [-0.25, -0.2) is 4.39 Å². The van der Waals surface area contributed by atoms with Crippen LogP contribution >= 0.6 is 15.9 Å². The van der Waals surface area contributed by atoms with Gasteiger partial charge in [0.1, 0.15) is 0 Å². The molecule has 1 unspecified atom stereocenters. The fourth-order valence-corrected chi connectivity index (χ4v) is 2.06. The third-order valence-corrected chi connectivity index (χ3v) is 3.15. The summed E-state index contributed by atoms with van der Waals surface area (Å²) in [6.07, 6.45) is -19.4. The van der Waals surface area contributed by atoms with Crippen molar-refractivity contribution < 1.29 is 52.7 Å². The molecule has 0 amide bonds. The van der Waals surface area contributed by atoms with E-state index in [0.29, 0.717) is 0 Å². The van der Waals surface area contributed by atoms with E-state index in [-0.39, 0.29) is 6.07 Å². The minimum Gasteiger partial charge on any atom is -0.221 e. The molecule has 0 saturated carbocycles. The van der Waals surface area contributed by atoms with Crippen LogP contribution in [0.3, 0.4) is 0 Å². The number of rotatable bonds is 2. The minimum absolute atomic E-state index is 0.289. The second kappa shape index (κ2) is 5.70. The van der Waals surface area contributed by atoms with Crippen LogP contribution in [0.1, 0.15) is 11.1 Å². The van der Waals surface area contributed by atoms with Crippen LogP contribution in [-0.4, -0.2) is 18.3 Å². The van der Waals surface area contributed by atoms with Crippen LogP contribution in [0.25, 0.3) is 0 Å². The maximum Gasteiger partial charge on any atom is 0.457 e. The summed E-state index contributed by atoms with van der Waals surface area (Å²) in [5, 5.41) is 0. The first-order chi connectivity index (χ1) is 10.4. The molecule has 0 fully saturated rings. The fraction of sp³-hybridized carbons (Fsp3) is 0.455. The summed E-state index contributed by atoms with van der Waals surface area (Å²) >= 11 is 2.17. The summed E-state index contributed by atoms with van der Waals surface area (Å²) < 4.78 is 152. The van der Waals surface area contributed by atoms with Gasteiger partial charge in [0, 0.05) is 16.1 Å². The van der Waals surface area contributed by atoms with Crippen molar-refractivity contribution in [2.24, 2.45) is 0 Å². The minimum atomic E-state index is -7.05. The predicted octanol–water partition coefficient (Wildman–Crippen LogP) is 6.19. The Labute approximate surface area is 133 Å². The highest BCUT2D eigenvalue weighted by molar-refractivity contribution is 9.10. The van der Waals surface area contributed by atoms with Crippen molar-refractivity contribution in [2.75, 3.05) is 0 Å². The van der Waals surface area contributed by atoms with E-state index in [0.717, 1.165) is 0 Å². The quantitative estimate of drug-likeness (QED) is 0.480. The summed E-state index contributed by atoms with van der Waals surface area (Å²) in [6.45, 7) is 0. The number of benzene rings is 1. The standard InChI is InChI=1S/C11H2BrF12/c12-6-2-4(1-5(3-6)8(14,15)16)7(13,10(19,20)21)9(17,18)11(22,23)24/h1-2H. The Morgan fingerprint density at radius 1 is 0.708 bits per heavy atom. The number of alkyl halides is 12. The molecule has 0 aromatic heterocycles. The van der Waals surface area contributed by atoms with E-state index in [1.807, 2.05) is 0 Å². The van der Waals surface area contributed by atoms with Gasteiger partial charge in [0.05, 0.1) is 5.56 Å². The molecule has 0 heterocycles. The molecule has 1 aromatic carbocycles. The van der Waals surface area contributed by atoms with Crippen LogP contribution in [0.4, 0.5) is 52.7 Å². The zero-order chi connectivity index (χ0) is 19.4. The van der Waals surface area contributed by atoms with E-state index in [1.165, 1.54) is 6.07 Å². The maximum atomic E-state index is 14.1. The molecule has 0 bridgehead atoms. The predicted molar refractivity (Wildman–Crippen MR) is 57.8 cm³/mol. The van der Waals surface area contributed by atoms with Gasteiger partial charge in [-0.05, 0) is 12.1 Å². The smallest absolute Gasteiger partial charge is 0.221 e. The fourth-order valence-electron chi connectivity index (χ4n) is 1.60. The van der Waals surface area contributed by atoms with Gasteiger partial charge in [0.15, 0.2) is 0 Å². The number of hydrogen-bond acceptors (Lipinski definition) is 0. The first kappa shape index (κ1) is 20.9. The highest BCUT2D eigenvalue weighted by atomic mass is 79.9.